The Kier molecular flexibility index (Phi) is 3.96. The number of aromatic nitrogens is 2. The van der Waals surface area contributed by atoms with Crippen LogP contribution in [0.3, 0.4) is 0 Å². The minimum Gasteiger partial charge on any atom is -0.472 e. The summed E-state index contributed by atoms with van der Waals surface area (Å²) in [6, 6.07) is 0. The van der Waals surface area contributed by atoms with Crippen LogP contribution < -0.4 is 16.0 Å². The molecular formula is C12H19FN4O. The van der Waals surface area contributed by atoms with Crippen molar-refractivity contribution in [2.45, 2.75) is 39.2 Å². The van der Waals surface area contributed by atoms with Gasteiger partial charge in [0.05, 0.1) is 6.20 Å². The average molecular weight is 254 g/mol. The van der Waals surface area contributed by atoms with Gasteiger partial charge in [-0.25, -0.2) is 10.8 Å². The maximum Gasteiger partial charge on any atom is 0.255 e. The van der Waals surface area contributed by atoms with Gasteiger partial charge in [-0.15, -0.1) is 0 Å². The van der Waals surface area contributed by atoms with Gasteiger partial charge in [0.15, 0.2) is 0 Å². The SMILES string of the molecule is CC1CC(C)CC(Oc2nc(NN)ncc2F)C1. The van der Waals surface area contributed by atoms with Gasteiger partial charge in [0, 0.05) is 0 Å². The first kappa shape index (κ1) is 13.0. The summed E-state index contributed by atoms with van der Waals surface area (Å²) in [4.78, 5) is 7.57. The van der Waals surface area contributed by atoms with Crippen LogP contribution in [0.2, 0.25) is 0 Å². The van der Waals surface area contributed by atoms with Crippen LogP contribution in [0.1, 0.15) is 33.1 Å². The molecule has 1 aromatic rings. The van der Waals surface area contributed by atoms with E-state index in [2.05, 4.69) is 29.2 Å². The first-order valence-electron chi connectivity index (χ1n) is 6.24. The van der Waals surface area contributed by atoms with Crippen LogP contribution in [0.25, 0.3) is 0 Å². The van der Waals surface area contributed by atoms with Crippen molar-refractivity contribution in [1.82, 2.24) is 9.97 Å². The first-order chi connectivity index (χ1) is 8.58. The zero-order valence-corrected chi connectivity index (χ0v) is 10.7. The zero-order valence-electron chi connectivity index (χ0n) is 10.7. The monoisotopic (exact) mass is 254 g/mol. The van der Waals surface area contributed by atoms with Gasteiger partial charge in [-0.1, -0.05) is 13.8 Å². The Bertz CT molecular complexity index is 405. The number of hydrazine groups is 1. The molecular weight excluding hydrogens is 235 g/mol. The second-order valence-corrected chi connectivity index (χ2v) is 5.15. The van der Waals surface area contributed by atoms with E-state index < -0.39 is 5.82 Å². The van der Waals surface area contributed by atoms with Gasteiger partial charge < -0.3 is 4.74 Å². The number of nitrogens with one attached hydrogen (secondary N) is 1. The predicted octanol–water partition coefficient (Wildman–Crippen LogP) is 2.10. The fourth-order valence-electron chi connectivity index (χ4n) is 2.63. The van der Waals surface area contributed by atoms with Crippen molar-refractivity contribution in [3.8, 4) is 5.88 Å². The Balaban J connectivity index is 2.08. The first-order valence-corrected chi connectivity index (χ1v) is 6.24. The van der Waals surface area contributed by atoms with E-state index in [4.69, 9.17) is 10.6 Å². The van der Waals surface area contributed by atoms with E-state index in [0.29, 0.717) is 11.8 Å². The maximum atomic E-state index is 13.5. The highest BCUT2D eigenvalue weighted by Gasteiger charge is 2.26. The van der Waals surface area contributed by atoms with Crippen LogP contribution >= 0.6 is 0 Å². The van der Waals surface area contributed by atoms with Crippen molar-refractivity contribution < 1.29 is 9.13 Å². The molecule has 0 spiro atoms. The number of nitrogen functional groups attached to an aromatic ring is 1. The largest absolute Gasteiger partial charge is 0.472 e. The Labute approximate surface area is 106 Å². The molecule has 1 fully saturated rings. The van der Waals surface area contributed by atoms with Gasteiger partial charge >= 0.3 is 0 Å². The number of anilines is 1. The number of halogens is 1. The lowest BCUT2D eigenvalue weighted by Gasteiger charge is -2.31. The molecule has 1 aliphatic carbocycles. The van der Waals surface area contributed by atoms with Crippen molar-refractivity contribution >= 4 is 5.95 Å². The van der Waals surface area contributed by atoms with Gasteiger partial charge in [-0.3, -0.25) is 5.43 Å². The van der Waals surface area contributed by atoms with E-state index in [9.17, 15) is 4.39 Å². The van der Waals surface area contributed by atoms with Gasteiger partial charge in [0.2, 0.25) is 11.8 Å². The summed E-state index contributed by atoms with van der Waals surface area (Å²) in [6.45, 7) is 4.38. The number of rotatable bonds is 3. The number of hydrogen-bond donors (Lipinski definition) is 2. The van der Waals surface area contributed by atoms with E-state index in [-0.39, 0.29) is 17.9 Å². The lowest BCUT2D eigenvalue weighted by molar-refractivity contribution is 0.0923. The fraction of sp³-hybridized carbons (Fsp3) is 0.667. The predicted molar refractivity (Wildman–Crippen MR) is 66.4 cm³/mol. The molecule has 0 saturated heterocycles. The highest BCUT2D eigenvalue weighted by atomic mass is 19.1. The van der Waals surface area contributed by atoms with E-state index in [1.165, 1.54) is 6.42 Å². The third kappa shape index (κ3) is 3.07. The molecule has 0 aliphatic heterocycles. The maximum absolute atomic E-state index is 13.5. The highest BCUT2D eigenvalue weighted by Crippen LogP contribution is 2.31. The second-order valence-electron chi connectivity index (χ2n) is 5.15. The number of ether oxygens (including phenoxy) is 1. The molecule has 2 unspecified atom stereocenters. The summed E-state index contributed by atoms with van der Waals surface area (Å²) in [7, 11) is 0. The number of nitrogens with zero attached hydrogens (tertiary/aromatic N) is 2. The standard InChI is InChI=1S/C12H19FN4O/c1-7-3-8(2)5-9(4-7)18-11-10(13)6-15-12(16-11)17-14/h6-9H,3-5,14H2,1-2H3,(H,15,16,17). The summed E-state index contributed by atoms with van der Waals surface area (Å²) in [5.74, 6) is 5.96. The van der Waals surface area contributed by atoms with Gasteiger partial charge in [-0.05, 0) is 31.1 Å². The van der Waals surface area contributed by atoms with Crippen LogP contribution in [0.4, 0.5) is 10.3 Å². The Hall–Kier alpha value is -1.43. The quantitative estimate of drug-likeness (QED) is 0.638. The van der Waals surface area contributed by atoms with Crippen LogP contribution in [0.15, 0.2) is 6.20 Å². The van der Waals surface area contributed by atoms with Crippen molar-refractivity contribution in [2.24, 2.45) is 17.7 Å². The average Bonchev–Trinajstić information content (AvgIpc) is 2.30. The van der Waals surface area contributed by atoms with E-state index in [1.54, 1.807) is 0 Å². The highest BCUT2D eigenvalue weighted by molar-refractivity contribution is 5.26. The molecule has 5 nitrogen and oxygen atoms in total. The van der Waals surface area contributed by atoms with Crippen LogP contribution in [0.5, 0.6) is 5.88 Å². The molecule has 100 valence electrons. The lowest BCUT2D eigenvalue weighted by atomic mass is 9.82. The smallest absolute Gasteiger partial charge is 0.255 e. The minimum absolute atomic E-state index is 0.0128. The van der Waals surface area contributed by atoms with Crippen molar-refractivity contribution in [3.63, 3.8) is 0 Å². The molecule has 0 amide bonds. The van der Waals surface area contributed by atoms with Crippen LogP contribution in [-0.4, -0.2) is 16.1 Å². The lowest BCUT2D eigenvalue weighted by Crippen LogP contribution is -2.29. The van der Waals surface area contributed by atoms with Crippen molar-refractivity contribution in [2.75, 3.05) is 5.43 Å². The molecule has 0 radical (unpaired) electrons. The summed E-state index contributed by atoms with van der Waals surface area (Å²) < 4.78 is 19.2. The molecule has 0 aromatic carbocycles. The summed E-state index contributed by atoms with van der Waals surface area (Å²) in [6.07, 6.45) is 4.13. The normalized spacial score (nSPS) is 27.9. The van der Waals surface area contributed by atoms with E-state index in [1.807, 2.05) is 0 Å². The number of nitrogens with two attached hydrogens (primary N) is 1. The topological polar surface area (TPSA) is 73.1 Å². The molecule has 1 heterocycles. The van der Waals surface area contributed by atoms with Gasteiger partial charge in [-0.2, -0.15) is 9.37 Å². The molecule has 1 saturated carbocycles. The Morgan fingerprint density at radius 2 is 2.00 bits per heavy atom. The molecule has 2 rings (SSSR count). The zero-order chi connectivity index (χ0) is 13.1. The third-order valence-electron chi connectivity index (χ3n) is 3.25. The molecule has 1 aromatic heterocycles. The van der Waals surface area contributed by atoms with Gasteiger partial charge in [0.25, 0.3) is 5.88 Å². The number of hydrogen-bond acceptors (Lipinski definition) is 5. The Morgan fingerprint density at radius 3 is 2.61 bits per heavy atom. The summed E-state index contributed by atoms with van der Waals surface area (Å²) in [5.41, 5.74) is 2.28. The Morgan fingerprint density at radius 1 is 1.33 bits per heavy atom. The van der Waals surface area contributed by atoms with Crippen molar-refractivity contribution in [3.05, 3.63) is 12.0 Å². The summed E-state index contributed by atoms with van der Waals surface area (Å²) >= 11 is 0. The molecule has 3 N–H and O–H groups in total. The third-order valence-corrected chi connectivity index (χ3v) is 3.25. The van der Waals surface area contributed by atoms with Crippen molar-refractivity contribution in [1.29, 1.82) is 0 Å². The van der Waals surface area contributed by atoms with Crippen LogP contribution in [0, 0.1) is 17.7 Å². The molecule has 18 heavy (non-hydrogen) atoms. The fourth-order valence-corrected chi connectivity index (χ4v) is 2.63. The molecule has 1 aliphatic rings. The molecule has 0 bridgehead atoms. The van der Waals surface area contributed by atoms with Gasteiger partial charge in [0.1, 0.15) is 6.10 Å². The van der Waals surface area contributed by atoms with E-state index >= 15 is 0 Å². The van der Waals surface area contributed by atoms with Crippen LogP contribution in [-0.2, 0) is 0 Å². The molecule has 2 atom stereocenters. The summed E-state index contributed by atoms with van der Waals surface area (Å²) in [5, 5.41) is 0. The van der Waals surface area contributed by atoms with E-state index in [0.717, 1.165) is 19.0 Å². The molecule has 6 heteroatoms. The minimum atomic E-state index is -0.556. The second kappa shape index (κ2) is 5.48.